The Hall–Kier alpha value is -1.66. The molecule has 1 saturated heterocycles. The quantitative estimate of drug-likeness (QED) is 0.712. The maximum Gasteiger partial charge on any atom is 0.416 e. The Morgan fingerprint density at radius 2 is 1.62 bits per heavy atom. The summed E-state index contributed by atoms with van der Waals surface area (Å²) in [6, 6.07) is 5.08. The lowest BCUT2D eigenvalue weighted by Crippen LogP contribution is -2.38. The SMILES string of the molecule is CC(F)(F)CCC(=O)N1CCC(c2ccc(C(F)(F)F)cc2)CC1. The van der Waals surface area contributed by atoms with Crippen molar-refractivity contribution in [1.82, 2.24) is 4.90 Å². The van der Waals surface area contributed by atoms with Crippen LogP contribution in [-0.4, -0.2) is 29.8 Å². The van der Waals surface area contributed by atoms with Crippen LogP contribution in [0.5, 0.6) is 0 Å². The fraction of sp³-hybridized carbons (Fsp3) is 0.588. The third-order valence-electron chi connectivity index (χ3n) is 4.33. The Bertz CT molecular complexity index is 554. The van der Waals surface area contributed by atoms with E-state index in [1.165, 1.54) is 12.1 Å². The van der Waals surface area contributed by atoms with E-state index < -0.39 is 24.1 Å². The molecule has 24 heavy (non-hydrogen) atoms. The number of carbonyl (C=O) groups excluding carboxylic acids is 1. The molecule has 7 heteroatoms. The largest absolute Gasteiger partial charge is 0.416 e. The molecule has 2 rings (SSSR count). The van der Waals surface area contributed by atoms with E-state index >= 15 is 0 Å². The van der Waals surface area contributed by atoms with E-state index in [-0.39, 0.29) is 18.2 Å². The topological polar surface area (TPSA) is 20.3 Å². The summed E-state index contributed by atoms with van der Waals surface area (Å²) in [6.45, 7) is 1.68. The summed E-state index contributed by atoms with van der Waals surface area (Å²) in [7, 11) is 0. The van der Waals surface area contributed by atoms with Crippen LogP contribution in [0.15, 0.2) is 24.3 Å². The molecule has 1 aromatic rings. The fourth-order valence-electron chi connectivity index (χ4n) is 2.89. The zero-order valence-electron chi connectivity index (χ0n) is 13.4. The summed E-state index contributed by atoms with van der Waals surface area (Å²) in [5.74, 6) is -3.06. The van der Waals surface area contributed by atoms with Gasteiger partial charge in [0.25, 0.3) is 0 Å². The second-order valence-corrected chi connectivity index (χ2v) is 6.35. The van der Waals surface area contributed by atoms with Gasteiger partial charge in [0.05, 0.1) is 5.56 Å². The van der Waals surface area contributed by atoms with Crippen molar-refractivity contribution in [2.24, 2.45) is 0 Å². The van der Waals surface area contributed by atoms with E-state index in [1.54, 1.807) is 4.90 Å². The maximum atomic E-state index is 12.8. The second kappa shape index (κ2) is 7.07. The van der Waals surface area contributed by atoms with Crippen LogP contribution in [-0.2, 0) is 11.0 Å². The highest BCUT2D eigenvalue weighted by Crippen LogP contribution is 2.33. The third-order valence-corrected chi connectivity index (χ3v) is 4.33. The second-order valence-electron chi connectivity index (χ2n) is 6.35. The lowest BCUT2D eigenvalue weighted by atomic mass is 9.89. The van der Waals surface area contributed by atoms with Gasteiger partial charge >= 0.3 is 6.18 Å². The predicted molar refractivity (Wildman–Crippen MR) is 79.9 cm³/mol. The Labute approximate surface area is 137 Å². The number of hydrogen-bond donors (Lipinski definition) is 0. The maximum absolute atomic E-state index is 12.8. The molecule has 1 aliphatic rings. The highest BCUT2D eigenvalue weighted by Gasteiger charge is 2.31. The number of likely N-dealkylation sites (tertiary alicyclic amines) is 1. The van der Waals surface area contributed by atoms with Gasteiger partial charge in [-0.1, -0.05) is 12.1 Å². The molecule has 0 radical (unpaired) electrons. The van der Waals surface area contributed by atoms with Crippen molar-refractivity contribution in [2.75, 3.05) is 13.1 Å². The van der Waals surface area contributed by atoms with Crippen LogP contribution in [0, 0.1) is 0 Å². The van der Waals surface area contributed by atoms with Gasteiger partial charge in [-0.05, 0) is 43.4 Å². The first-order chi connectivity index (χ1) is 11.1. The lowest BCUT2D eigenvalue weighted by Gasteiger charge is -2.32. The van der Waals surface area contributed by atoms with E-state index in [4.69, 9.17) is 0 Å². The average molecular weight is 349 g/mol. The minimum Gasteiger partial charge on any atom is -0.343 e. The summed E-state index contributed by atoms with van der Waals surface area (Å²) >= 11 is 0. The van der Waals surface area contributed by atoms with E-state index in [0.717, 1.165) is 24.6 Å². The molecule has 1 fully saturated rings. The van der Waals surface area contributed by atoms with E-state index in [2.05, 4.69) is 0 Å². The normalized spacial score (nSPS) is 17.2. The molecule has 0 atom stereocenters. The molecule has 0 aromatic heterocycles. The van der Waals surface area contributed by atoms with Crippen molar-refractivity contribution in [1.29, 1.82) is 0 Å². The summed E-state index contributed by atoms with van der Waals surface area (Å²) in [5, 5.41) is 0. The van der Waals surface area contributed by atoms with Gasteiger partial charge in [-0.25, -0.2) is 8.78 Å². The van der Waals surface area contributed by atoms with Crippen molar-refractivity contribution < 1.29 is 26.7 Å². The molecule has 1 heterocycles. The minimum atomic E-state index is -4.35. The van der Waals surface area contributed by atoms with Gasteiger partial charge in [-0.3, -0.25) is 4.79 Å². The molecule has 1 amide bonds. The minimum absolute atomic E-state index is 0.0870. The van der Waals surface area contributed by atoms with Crippen molar-refractivity contribution in [3.63, 3.8) is 0 Å². The number of hydrogen-bond acceptors (Lipinski definition) is 1. The number of rotatable bonds is 4. The number of alkyl halides is 5. The zero-order chi connectivity index (χ0) is 18.0. The first-order valence-corrected chi connectivity index (χ1v) is 7.89. The number of amides is 1. The number of nitrogens with zero attached hydrogens (tertiary/aromatic N) is 1. The van der Waals surface area contributed by atoms with Crippen LogP contribution in [0.3, 0.4) is 0 Å². The van der Waals surface area contributed by atoms with Crippen LogP contribution >= 0.6 is 0 Å². The van der Waals surface area contributed by atoms with Crippen molar-refractivity contribution in [2.45, 2.75) is 50.6 Å². The molecule has 134 valence electrons. The van der Waals surface area contributed by atoms with Gasteiger partial charge in [0.15, 0.2) is 0 Å². The molecule has 0 spiro atoms. The first kappa shape index (κ1) is 18.7. The molecule has 1 aromatic carbocycles. The molecular formula is C17H20F5NO. The summed E-state index contributed by atoms with van der Waals surface area (Å²) in [4.78, 5) is 13.5. The molecule has 0 saturated carbocycles. The Kier molecular flexibility index (Phi) is 5.50. The molecule has 2 nitrogen and oxygen atoms in total. The highest BCUT2D eigenvalue weighted by molar-refractivity contribution is 5.76. The van der Waals surface area contributed by atoms with Gasteiger partial charge in [0, 0.05) is 25.9 Å². The Balaban J connectivity index is 1.87. The van der Waals surface area contributed by atoms with Crippen LogP contribution in [0.2, 0.25) is 0 Å². The van der Waals surface area contributed by atoms with Crippen molar-refractivity contribution >= 4 is 5.91 Å². The molecule has 0 bridgehead atoms. The van der Waals surface area contributed by atoms with Crippen LogP contribution in [0.25, 0.3) is 0 Å². The van der Waals surface area contributed by atoms with Gasteiger partial charge in [0.2, 0.25) is 11.8 Å². The van der Waals surface area contributed by atoms with Crippen LogP contribution in [0.4, 0.5) is 22.0 Å². The van der Waals surface area contributed by atoms with Gasteiger partial charge in [-0.2, -0.15) is 13.2 Å². The van der Waals surface area contributed by atoms with Crippen LogP contribution < -0.4 is 0 Å². The predicted octanol–water partition coefficient (Wildman–Crippen LogP) is 4.85. The molecule has 0 unspecified atom stereocenters. The number of piperidine rings is 1. The first-order valence-electron chi connectivity index (χ1n) is 7.89. The highest BCUT2D eigenvalue weighted by atomic mass is 19.4. The summed E-state index contributed by atoms with van der Waals surface area (Å²) < 4.78 is 63.3. The fourth-order valence-corrected chi connectivity index (χ4v) is 2.89. The smallest absolute Gasteiger partial charge is 0.343 e. The number of halogens is 5. The van der Waals surface area contributed by atoms with Gasteiger partial charge < -0.3 is 4.90 Å². The average Bonchev–Trinajstić information content (AvgIpc) is 2.51. The third kappa shape index (κ3) is 5.18. The summed E-state index contributed by atoms with van der Waals surface area (Å²) in [6.07, 6.45) is -3.76. The van der Waals surface area contributed by atoms with Crippen molar-refractivity contribution in [3.05, 3.63) is 35.4 Å². The monoisotopic (exact) mass is 349 g/mol. The standard InChI is InChI=1S/C17H20F5NO/c1-16(18,19)9-6-15(24)23-10-7-13(8-11-23)12-2-4-14(5-3-12)17(20,21)22/h2-5,13H,6-11H2,1H3. The number of carbonyl (C=O) groups is 1. The molecular weight excluding hydrogens is 329 g/mol. The van der Waals surface area contributed by atoms with Gasteiger partial charge in [0.1, 0.15) is 0 Å². The lowest BCUT2D eigenvalue weighted by molar-refractivity contribution is -0.137. The van der Waals surface area contributed by atoms with E-state index in [9.17, 15) is 26.7 Å². The van der Waals surface area contributed by atoms with E-state index in [0.29, 0.717) is 25.9 Å². The van der Waals surface area contributed by atoms with Crippen molar-refractivity contribution in [3.8, 4) is 0 Å². The van der Waals surface area contributed by atoms with Crippen LogP contribution in [0.1, 0.15) is 49.7 Å². The zero-order valence-corrected chi connectivity index (χ0v) is 13.4. The van der Waals surface area contributed by atoms with E-state index in [1.807, 2.05) is 0 Å². The Morgan fingerprint density at radius 3 is 2.08 bits per heavy atom. The molecule has 1 aliphatic heterocycles. The Morgan fingerprint density at radius 1 is 1.08 bits per heavy atom. The molecule has 0 aliphatic carbocycles. The van der Waals surface area contributed by atoms with Gasteiger partial charge in [-0.15, -0.1) is 0 Å². The summed E-state index contributed by atoms with van der Waals surface area (Å²) in [5.41, 5.74) is 0.134. The molecule has 0 N–H and O–H groups in total. The number of benzene rings is 1.